The predicted octanol–water partition coefficient (Wildman–Crippen LogP) is 1.19. The highest BCUT2D eigenvalue weighted by atomic mass is 32.2. The molecule has 0 atom stereocenters. The van der Waals surface area contributed by atoms with Crippen LogP contribution in [0.4, 0.5) is 0 Å². The van der Waals surface area contributed by atoms with Crippen LogP contribution in [0.25, 0.3) is 0 Å². The third-order valence-electron chi connectivity index (χ3n) is 3.71. The van der Waals surface area contributed by atoms with E-state index >= 15 is 0 Å². The van der Waals surface area contributed by atoms with Crippen LogP contribution in [0, 0.1) is 0 Å². The summed E-state index contributed by atoms with van der Waals surface area (Å²) in [4.78, 5) is 24.7. The Hall–Kier alpha value is -2.17. The van der Waals surface area contributed by atoms with E-state index in [2.05, 4.69) is 0 Å². The van der Waals surface area contributed by atoms with Crippen LogP contribution in [0.5, 0.6) is 0 Å². The fraction of sp³-hybridized carbons (Fsp3) is 0.286. The minimum Gasteiger partial charge on any atom is -0.478 e. The number of amides is 1. The van der Waals surface area contributed by atoms with Crippen LogP contribution >= 0.6 is 11.3 Å². The second kappa shape index (κ2) is 6.38. The van der Waals surface area contributed by atoms with Crippen molar-refractivity contribution in [3.8, 4) is 0 Å². The monoisotopic (exact) mass is 370 g/mol. The number of hydrogen-bond donors (Lipinski definition) is 1. The zero-order chi connectivity index (χ0) is 17.3. The first-order valence-corrected chi connectivity index (χ1v) is 9.35. The molecule has 0 unspecified atom stereocenters. The maximum absolute atomic E-state index is 12.6. The van der Waals surface area contributed by atoms with Crippen molar-refractivity contribution in [1.29, 1.82) is 0 Å². The van der Waals surface area contributed by atoms with Gasteiger partial charge < -0.3 is 14.4 Å². The van der Waals surface area contributed by atoms with Gasteiger partial charge in [-0.25, -0.2) is 13.2 Å². The van der Waals surface area contributed by atoms with Gasteiger partial charge in [-0.3, -0.25) is 4.79 Å². The number of nitrogens with zero attached hydrogens (tertiary/aromatic N) is 2. The number of hydrogen-bond acceptors (Lipinski definition) is 6. The van der Waals surface area contributed by atoms with E-state index in [1.54, 1.807) is 11.0 Å². The van der Waals surface area contributed by atoms with E-state index in [4.69, 9.17) is 9.52 Å². The van der Waals surface area contributed by atoms with Crippen LogP contribution in [0.15, 0.2) is 38.7 Å². The molecule has 0 aliphatic carbocycles. The smallest absolute Gasteiger partial charge is 0.336 e. The minimum atomic E-state index is -3.75. The Morgan fingerprint density at radius 3 is 2.42 bits per heavy atom. The molecule has 24 heavy (non-hydrogen) atoms. The van der Waals surface area contributed by atoms with E-state index in [0.717, 1.165) is 17.4 Å². The SMILES string of the molecule is O=C(O)c1csc(S(=O)(=O)N2CCN(C(=O)c3ccoc3)CC2)c1. The number of carboxylic acids is 1. The van der Waals surface area contributed by atoms with Crippen molar-refractivity contribution >= 4 is 33.2 Å². The lowest BCUT2D eigenvalue weighted by Gasteiger charge is -2.33. The molecule has 2 aromatic heterocycles. The maximum Gasteiger partial charge on any atom is 0.336 e. The molecule has 1 aliphatic rings. The van der Waals surface area contributed by atoms with E-state index in [9.17, 15) is 18.0 Å². The summed E-state index contributed by atoms with van der Waals surface area (Å²) in [6, 6.07) is 2.72. The first kappa shape index (κ1) is 16.7. The average molecular weight is 370 g/mol. The Bertz CT molecular complexity index is 848. The molecule has 10 heteroatoms. The second-order valence-electron chi connectivity index (χ2n) is 5.17. The third kappa shape index (κ3) is 3.07. The highest BCUT2D eigenvalue weighted by molar-refractivity contribution is 7.91. The van der Waals surface area contributed by atoms with Gasteiger partial charge in [-0.2, -0.15) is 4.31 Å². The van der Waals surface area contributed by atoms with Gasteiger partial charge in [0, 0.05) is 31.6 Å². The van der Waals surface area contributed by atoms with Crippen molar-refractivity contribution in [2.45, 2.75) is 4.21 Å². The van der Waals surface area contributed by atoms with E-state index in [1.165, 1.54) is 22.2 Å². The Balaban J connectivity index is 1.69. The van der Waals surface area contributed by atoms with Crippen molar-refractivity contribution in [1.82, 2.24) is 9.21 Å². The molecule has 1 saturated heterocycles. The van der Waals surface area contributed by atoms with Crippen molar-refractivity contribution in [3.05, 3.63) is 41.2 Å². The van der Waals surface area contributed by atoms with Gasteiger partial charge in [-0.15, -0.1) is 11.3 Å². The zero-order valence-electron chi connectivity index (χ0n) is 12.4. The Morgan fingerprint density at radius 1 is 1.17 bits per heavy atom. The number of carboxylic acid groups (broad SMARTS) is 1. The van der Waals surface area contributed by atoms with Gasteiger partial charge in [0.15, 0.2) is 0 Å². The largest absolute Gasteiger partial charge is 0.478 e. The minimum absolute atomic E-state index is 0.00508. The number of piperazine rings is 1. The summed E-state index contributed by atoms with van der Waals surface area (Å²) in [6.07, 6.45) is 2.76. The van der Waals surface area contributed by atoms with E-state index in [0.29, 0.717) is 5.56 Å². The molecule has 2 aromatic rings. The van der Waals surface area contributed by atoms with Crippen LogP contribution in [0.1, 0.15) is 20.7 Å². The molecule has 8 nitrogen and oxygen atoms in total. The summed E-state index contributed by atoms with van der Waals surface area (Å²) in [5, 5.41) is 10.2. The van der Waals surface area contributed by atoms with Gasteiger partial charge in [0.1, 0.15) is 10.5 Å². The lowest BCUT2D eigenvalue weighted by molar-refractivity contribution is 0.0688. The van der Waals surface area contributed by atoms with E-state index in [-0.39, 0.29) is 41.9 Å². The van der Waals surface area contributed by atoms with Crippen LogP contribution in [0.2, 0.25) is 0 Å². The fourth-order valence-electron chi connectivity index (χ4n) is 2.39. The van der Waals surface area contributed by atoms with Gasteiger partial charge in [0.05, 0.1) is 17.4 Å². The Morgan fingerprint density at radius 2 is 1.88 bits per heavy atom. The van der Waals surface area contributed by atoms with E-state index in [1.807, 2.05) is 0 Å². The Kier molecular flexibility index (Phi) is 4.43. The third-order valence-corrected chi connectivity index (χ3v) is 7.02. The summed E-state index contributed by atoms with van der Waals surface area (Å²) in [6.45, 7) is 0.846. The molecule has 0 spiro atoms. The standard InChI is InChI=1S/C14H14N2O6S2/c17-13(10-1-6-22-8-10)15-2-4-16(5-3-15)24(20,21)12-7-11(9-23-12)14(18)19/h1,6-9H,2-5H2,(H,18,19). The predicted molar refractivity (Wildman–Crippen MR) is 84.6 cm³/mol. The maximum atomic E-state index is 12.6. The number of carbonyl (C=O) groups excluding carboxylic acids is 1. The van der Waals surface area contributed by atoms with Crippen molar-refractivity contribution in [3.63, 3.8) is 0 Å². The van der Waals surface area contributed by atoms with Crippen molar-refractivity contribution < 1.29 is 27.5 Å². The summed E-state index contributed by atoms with van der Waals surface area (Å²) in [5.74, 6) is -1.37. The van der Waals surface area contributed by atoms with Gasteiger partial charge in [0.2, 0.25) is 0 Å². The number of furan rings is 1. The fourth-order valence-corrected chi connectivity index (χ4v) is 5.12. The molecule has 1 aliphatic heterocycles. The molecule has 0 aromatic carbocycles. The molecule has 1 N–H and O–H groups in total. The molecule has 1 amide bonds. The highest BCUT2D eigenvalue weighted by Gasteiger charge is 2.32. The molecule has 128 valence electrons. The van der Waals surface area contributed by atoms with Gasteiger partial charge in [-0.1, -0.05) is 0 Å². The van der Waals surface area contributed by atoms with Gasteiger partial charge in [0.25, 0.3) is 15.9 Å². The second-order valence-corrected chi connectivity index (χ2v) is 8.24. The average Bonchev–Trinajstić information content (AvgIpc) is 3.26. The molecular weight excluding hydrogens is 356 g/mol. The topological polar surface area (TPSA) is 108 Å². The molecule has 3 heterocycles. The molecule has 1 fully saturated rings. The lowest BCUT2D eigenvalue weighted by atomic mass is 10.2. The number of carbonyl (C=O) groups is 2. The molecule has 0 bridgehead atoms. The van der Waals surface area contributed by atoms with Crippen LogP contribution in [-0.2, 0) is 10.0 Å². The lowest BCUT2D eigenvalue weighted by Crippen LogP contribution is -2.50. The summed E-state index contributed by atoms with van der Waals surface area (Å²) < 4.78 is 31.2. The number of rotatable bonds is 4. The van der Waals surface area contributed by atoms with Gasteiger partial charge in [-0.05, 0) is 12.1 Å². The first-order valence-electron chi connectivity index (χ1n) is 7.03. The highest BCUT2D eigenvalue weighted by Crippen LogP contribution is 2.25. The normalized spacial score (nSPS) is 16.2. The number of thiophene rings is 1. The molecular formula is C14H14N2O6S2. The number of aromatic carboxylic acids is 1. The van der Waals surface area contributed by atoms with Crippen LogP contribution < -0.4 is 0 Å². The summed E-state index contributed by atoms with van der Waals surface area (Å²) >= 11 is 0.880. The number of sulfonamides is 1. The van der Waals surface area contributed by atoms with Crippen molar-refractivity contribution in [2.24, 2.45) is 0 Å². The Labute approximate surface area is 142 Å². The molecule has 3 rings (SSSR count). The van der Waals surface area contributed by atoms with Crippen LogP contribution in [-0.4, -0.2) is 60.8 Å². The summed E-state index contributed by atoms with van der Waals surface area (Å²) in [7, 11) is -3.75. The zero-order valence-corrected chi connectivity index (χ0v) is 14.0. The molecule has 0 saturated carbocycles. The van der Waals surface area contributed by atoms with Crippen LogP contribution in [0.3, 0.4) is 0 Å². The van der Waals surface area contributed by atoms with E-state index < -0.39 is 16.0 Å². The quantitative estimate of drug-likeness (QED) is 0.866. The summed E-state index contributed by atoms with van der Waals surface area (Å²) in [5.41, 5.74) is 0.378. The van der Waals surface area contributed by atoms with Gasteiger partial charge >= 0.3 is 5.97 Å². The van der Waals surface area contributed by atoms with Crippen molar-refractivity contribution in [2.75, 3.05) is 26.2 Å². The first-order chi connectivity index (χ1) is 11.4. The molecule has 0 radical (unpaired) electrons.